The lowest BCUT2D eigenvalue weighted by Crippen LogP contribution is -2.44. The lowest BCUT2D eigenvalue weighted by atomic mass is 9.86. The molecule has 5 heteroatoms. The van der Waals surface area contributed by atoms with Gasteiger partial charge in [-0.25, -0.2) is 4.79 Å². The third kappa shape index (κ3) is 3.42. The zero-order valence-corrected chi connectivity index (χ0v) is 12.0. The average molecular weight is 279 g/mol. The molecule has 5 nitrogen and oxygen atoms in total. The average Bonchev–Trinajstić information content (AvgIpc) is 2.31. The first kappa shape index (κ1) is 14.7. The highest BCUT2D eigenvalue weighted by Gasteiger charge is 2.30. The predicted octanol–water partition coefficient (Wildman–Crippen LogP) is 2.27. The summed E-state index contributed by atoms with van der Waals surface area (Å²) in [6, 6.07) is 4.55. The van der Waals surface area contributed by atoms with Crippen molar-refractivity contribution in [2.75, 3.05) is 0 Å². The Morgan fingerprint density at radius 3 is 2.75 bits per heavy atom. The van der Waals surface area contributed by atoms with Crippen molar-refractivity contribution in [3.63, 3.8) is 0 Å². The Kier molecular flexibility index (Phi) is 3.90. The van der Waals surface area contributed by atoms with Crippen molar-refractivity contribution in [1.29, 1.82) is 0 Å². The molecular formula is C15H21NO4. The summed E-state index contributed by atoms with van der Waals surface area (Å²) < 4.78 is 5.19. The first-order chi connectivity index (χ1) is 9.26. The molecule has 0 saturated carbocycles. The van der Waals surface area contributed by atoms with Gasteiger partial charge >= 0.3 is 6.09 Å². The number of fused-ring (bicyclic) bond motifs is 1. The summed E-state index contributed by atoms with van der Waals surface area (Å²) in [5.74, 6) is 0.112. The molecule has 0 spiro atoms. The van der Waals surface area contributed by atoms with Gasteiger partial charge in [-0.3, -0.25) is 0 Å². The van der Waals surface area contributed by atoms with Gasteiger partial charge in [0.1, 0.15) is 11.4 Å². The Balaban J connectivity index is 2.07. The highest BCUT2D eigenvalue weighted by atomic mass is 16.6. The van der Waals surface area contributed by atoms with Crippen molar-refractivity contribution in [3.05, 3.63) is 29.3 Å². The number of phenolic OH excluding ortho intramolecular Hbond substituents is 1. The van der Waals surface area contributed by atoms with Crippen molar-refractivity contribution in [3.8, 4) is 5.75 Å². The molecule has 0 heterocycles. The number of carbonyl (C=O) groups is 1. The first-order valence-corrected chi connectivity index (χ1v) is 6.75. The van der Waals surface area contributed by atoms with Gasteiger partial charge in [0.25, 0.3) is 0 Å². The molecule has 2 atom stereocenters. The fraction of sp³-hybridized carbons (Fsp3) is 0.533. The van der Waals surface area contributed by atoms with Gasteiger partial charge in [0.05, 0.1) is 12.1 Å². The van der Waals surface area contributed by atoms with Crippen LogP contribution in [0, 0.1) is 0 Å². The van der Waals surface area contributed by atoms with E-state index >= 15 is 0 Å². The Hall–Kier alpha value is -1.75. The molecule has 110 valence electrons. The Labute approximate surface area is 118 Å². The molecule has 0 aromatic heterocycles. The van der Waals surface area contributed by atoms with Crippen LogP contribution in [0.4, 0.5) is 4.79 Å². The van der Waals surface area contributed by atoms with Crippen molar-refractivity contribution < 1.29 is 19.7 Å². The van der Waals surface area contributed by atoms with Crippen LogP contribution in [0.25, 0.3) is 0 Å². The number of aliphatic hydroxyl groups is 1. The number of aliphatic hydroxyl groups excluding tert-OH is 1. The number of ether oxygens (including phenoxy) is 1. The van der Waals surface area contributed by atoms with Crippen LogP contribution >= 0.6 is 0 Å². The molecule has 0 bridgehead atoms. The van der Waals surface area contributed by atoms with Gasteiger partial charge < -0.3 is 20.3 Å². The quantitative estimate of drug-likeness (QED) is 0.737. The molecule has 0 fully saturated rings. The van der Waals surface area contributed by atoms with Gasteiger partial charge in [-0.15, -0.1) is 0 Å². The molecule has 1 aromatic carbocycles. The Morgan fingerprint density at radius 1 is 1.40 bits per heavy atom. The molecule has 2 rings (SSSR count). The molecule has 0 saturated heterocycles. The zero-order chi connectivity index (χ0) is 14.9. The minimum Gasteiger partial charge on any atom is -0.508 e. The van der Waals surface area contributed by atoms with Crippen molar-refractivity contribution >= 4 is 6.09 Å². The summed E-state index contributed by atoms with van der Waals surface area (Å²) in [6.07, 6.45) is 0.00854. The van der Waals surface area contributed by atoms with Crippen molar-refractivity contribution in [2.24, 2.45) is 0 Å². The van der Waals surface area contributed by atoms with E-state index in [0.717, 1.165) is 12.0 Å². The minimum atomic E-state index is -0.835. The molecule has 0 aliphatic heterocycles. The summed E-state index contributed by atoms with van der Waals surface area (Å²) in [5, 5.41) is 22.5. The van der Waals surface area contributed by atoms with Crippen LogP contribution in [-0.4, -0.2) is 27.9 Å². The summed E-state index contributed by atoms with van der Waals surface area (Å²) in [7, 11) is 0. The lowest BCUT2D eigenvalue weighted by Gasteiger charge is -2.31. The van der Waals surface area contributed by atoms with E-state index < -0.39 is 23.8 Å². The number of rotatable bonds is 1. The number of amides is 1. The van der Waals surface area contributed by atoms with Crippen LogP contribution in [-0.2, 0) is 11.2 Å². The number of benzene rings is 1. The number of aromatic hydroxyl groups is 1. The standard InChI is InChI=1S/C15H21NO4/c1-15(2,3)20-14(19)16-12-7-5-9-4-6-10(17)8-11(9)13(12)18/h4,6,8,12-13,17-18H,5,7H2,1-3H3,(H,16,19)/t12-,13-/m1/s1. The van der Waals surface area contributed by atoms with E-state index in [0.29, 0.717) is 12.0 Å². The van der Waals surface area contributed by atoms with Crippen molar-refractivity contribution in [1.82, 2.24) is 5.32 Å². The highest BCUT2D eigenvalue weighted by Crippen LogP contribution is 2.32. The second-order valence-electron chi connectivity index (χ2n) is 6.12. The van der Waals surface area contributed by atoms with Crippen LogP contribution in [0.2, 0.25) is 0 Å². The van der Waals surface area contributed by atoms with E-state index in [-0.39, 0.29) is 5.75 Å². The summed E-state index contributed by atoms with van der Waals surface area (Å²) in [6.45, 7) is 5.37. The largest absolute Gasteiger partial charge is 0.508 e. The molecule has 1 aliphatic carbocycles. The maximum Gasteiger partial charge on any atom is 0.407 e. The maximum absolute atomic E-state index is 11.8. The molecule has 20 heavy (non-hydrogen) atoms. The second-order valence-corrected chi connectivity index (χ2v) is 6.12. The Bertz CT molecular complexity index is 507. The van der Waals surface area contributed by atoms with E-state index in [4.69, 9.17) is 4.74 Å². The molecule has 0 unspecified atom stereocenters. The summed E-state index contributed by atoms with van der Waals surface area (Å²) in [5.41, 5.74) is 1.09. The number of hydrogen-bond acceptors (Lipinski definition) is 4. The van der Waals surface area contributed by atoms with Gasteiger partial charge in [-0.1, -0.05) is 6.07 Å². The van der Waals surface area contributed by atoms with Crippen LogP contribution in [0.3, 0.4) is 0 Å². The minimum absolute atomic E-state index is 0.112. The normalized spacial score (nSPS) is 22.0. The first-order valence-electron chi connectivity index (χ1n) is 6.75. The summed E-state index contributed by atoms with van der Waals surface area (Å²) in [4.78, 5) is 11.8. The van der Waals surface area contributed by atoms with Crippen LogP contribution < -0.4 is 5.32 Å². The number of aryl methyl sites for hydroxylation is 1. The number of phenols is 1. The van der Waals surface area contributed by atoms with E-state index in [1.807, 2.05) is 0 Å². The molecule has 3 N–H and O–H groups in total. The third-order valence-electron chi connectivity index (χ3n) is 3.26. The lowest BCUT2D eigenvalue weighted by molar-refractivity contribution is 0.0401. The van der Waals surface area contributed by atoms with Crippen molar-refractivity contribution in [2.45, 2.75) is 51.4 Å². The zero-order valence-electron chi connectivity index (χ0n) is 12.0. The number of nitrogens with one attached hydrogen (secondary N) is 1. The van der Waals surface area contributed by atoms with Crippen LogP contribution in [0.15, 0.2) is 18.2 Å². The van der Waals surface area contributed by atoms with Gasteiger partial charge in [-0.2, -0.15) is 0 Å². The van der Waals surface area contributed by atoms with Crippen LogP contribution in [0.1, 0.15) is 44.4 Å². The van der Waals surface area contributed by atoms with Gasteiger partial charge in [-0.05, 0) is 56.9 Å². The molecule has 1 aliphatic rings. The van der Waals surface area contributed by atoms with E-state index in [9.17, 15) is 15.0 Å². The summed E-state index contributed by atoms with van der Waals surface area (Å²) >= 11 is 0. The monoisotopic (exact) mass is 279 g/mol. The van der Waals surface area contributed by atoms with Gasteiger partial charge in [0.15, 0.2) is 0 Å². The topological polar surface area (TPSA) is 78.8 Å². The fourth-order valence-electron chi connectivity index (χ4n) is 2.38. The third-order valence-corrected chi connectivity index (χ3v) is 3.26. The van der Waals surface area contributed by atoms with E-state index in [2.05, 4.69) is 5.32 Å². The molecule has 0 radical (unpaired) electrons. The van der Waals surface area contributed by atoms with E-state index in [1.54, 1.807) is 39.0 Å². The Morgan fingerprint density at radius 2 is 2.10 bits per heavy atom. The second kappa shape index (κ2) is 5.32. The fourth-order valence-corrected chi connectivity index (χ4v) is 2.38. The van der Waals surface area contributed by atoms with Crippen LogP contribution in [0.5, 0.6) is 5.75 Å². The highest BCUT2D eigenvalue weighted by molar-refractivity contribution is 5.68. The smallest absolute Gasteiger partial charge is 0.407 e. The maximum atomic E-state index is 11.8. The van der Waals surface area contributed by atoms with E-state index in [1.165, 1.54) is 0 Å². The SMILES string of the molecule is CC(C)(C)OC(=O)N[C@@H]1CCc2ccc(O)cc2[C@H]1O. The predicted molar refractivity (Wildman–Crippen MR) is 74.5 cm³/mol. The molecule has 1 amide bonds. The number of alkyl carbamates (subject to hydrolysis) is 1. The number of carbonyl (C=O) groups excluding carboxylic acids is 1. The molecule has 1 aromatic rings. The number of hydrogen-bond donors (Lipinski definition) is 3. The van der Waals surface area contributed by atoms with Gasteiger partial charge in [0.2, 0.25) is 0 Å². The molecular weight excluding hydrogens is 258 g/mol. The van der Waals surface area contributed by atoms with Gasteiger partial charge in [0, 0.05) is 0 Å².